The first kappa shape index (κ1) is 19.1. The molecule has 1 aliphatic heterocycles. The molecular weight excluding hydrogens is 366 g/mol. The highest BCUT2D eigenvalue weighted by molar-refractivity contribution is 5.84. The second-order valence-corrected chi connectivity index (χ2v) is 7.12. The Morgan fingerprint density at radius 3 is 2.45 bits per heavy atom. The number of aromatic nitrogens is 1. The molecule has 1 aliphatic rings. The predicted octanol–water partition coefficient (Wildman–Crippen LogP) is 3.28. The molecule has 0 unspecified atom stereocenters. The van der Waals surface area contributed by atoms with Gasteiger partial charge in [0.1, 0.15) is 5.82 Å². The molecule has 6 heteroatoms. The molecule has 4 rings (SSSR count). The molecule has 2 heterocycles. The van der Waals surface area contributed by atoms with Crippen LogP contribution in [0.2, 0.25) is 0 Å². The third-order valence-electron chi connectivity index (χ3n) is 5.29. The van der Waals surface area contributed by atoms with Crippen molar-refractivity contribution in [1.29, 1.82) is 0 Å². The first-order valence-corrected chi connectivity index (χ1v) is 9.80. The van der Waals surface area contributed by atoms with Crippen molar-refractivity contribution >= 4 is 22.6 Å². The van der Waals surface area contributed by atoms with Gasteiger partial charge in [-0.1, -0.05) is 30.3 Å². The number of nitrogens with zero attached hydrogens (tertiary/aromatic N) is 3. The van der Waals surface area contributed by atoms with E-state index in [9.17, 15) is 4.79 Å². The van der Waals surface area contributed by atoms with Gasteiger partial charge < -0.3 is 19.3 Å². The van der Waals surface area contributed by atoms with Gasteiger partial charge >= 0.3 is 0 Å². The van der Waals surface area contributed by atoms with Crippen LogP contribution in [0.5, 0.6) is 11.5 Å². The monoisotopic (exact) mass is 391 g/mol. The van der Waals surface area contributed by atoms with Crippen molar-refractivity contribution in [2.24, 2.45) is 0 Å². The topological polar surface area (TPSA) is 54.9 Å². The van der Waals surface area contributed by atoms with E-state index in [1.807, 2.05) is 41.3 Å². The number of methoxy groups -OCH3 is 1. The average Bonchev–Trinajstić information content (AvgIpc) is 2.77. The largest absolute Gasteiger partial charge is 0.493 e. The van der Waals surface area contributed by atoms with E-state index in [1.165, 1.54) is 10.9 Å². The summed E-state index contributed by atoms with van der Waals surface area (Å²) in [6, 6.07) is 17.7. The Hall–Kier alpha value is -3.28. The summed E-state index contributed by atoms with van der Waals surface area (Å²) >= 11 is 0. The number of amides is 1. The minimum absolute atomic E-state index is 0.00764. The number of para-hydroxylation sites is 3. The number of hydrogen-bond acceptors (Lipinski definition) is 5. The van der Waals surface area contributed by atoms with Gasteiger partial charge in [-0.25, -0.2) is 4.98 Å². The molecule has 0 N–H and O–H groups in total. The lowest BCUT2D eigenvalue weighted by molar-refractivity contribution is -0.133. The van der Waals surface area contributed by atoms with E-state index in [0.29, 0.717) is 24.6 Å². The summed E-state index contributed by atoms with van der Waals surface area (Å²) in [6.07, 6.45) is 0. The molecule has 1 aromatic heterocycles. The number of hydrogen-bond donors (Lipinski definition) is 0. The Balaban J connectivity index is 1.36. The van der Waals surface area contributed by atoms with Crippen molar-refractivity contribution < 1.29 is 14.3 Å². The lowest BCUT2D eigenvalue weighted by Crippen LogP contribution is -2.50. The summed E-state index contributed by atoms with van der Waals surface area (Å²) in [4.78, 5) is 21.5. The van der Waals surface area contributed by atoms with Crippen LogP contribution in [-0.2, 0) is 4.79 Å². The lowest BCUT2D eigenvalue weighted by atomic mass is 10.1. The van der Waals surface area contributed by atoms with E-state index in [-0.39, 0.29) is 12.5 Å². The fourth-order valence-corrected chi connectivity index (χ4v) is 3.65. The van der Waals surface area contributed by atoms with Crippen LogP contribution >= 0.6 is 0 Å². The number of ether oxygens (including phenoxy) is 2. The van der Waals surface area contributed by atoms with Crippen LogP contribution in [0.25, 0.3) is 10.9 Å². The van der Waals surface area contributed by atoms with Gasteiger partial charge in [-0.05, 0) is 36.8 Å². The minimum atomic E-state index is -0.0155. The lowest BCUT2D eigenvalue weighted by Gasteiger charge is -2.35. The second-order valence-electron chi connectivity index (χ2n) is 7.12. The molecule has 1 saturated heterocycles. The quantitative estimate of drug-likeness (QED) is 0.668. The van der Waals surface area contributed by atoms with Crippen LogP contribution in [0.3, 0.4) is 0 Å². The Morgan fingerprint density at radius 1 is 1.00 bits per heavy atom. The summed E-state index contributed by atoms with van der Waals surface area (Å²) < 4.78 is 10.9. The van der Waals surface area contributed by atoms with Crippen LogP contribution in [0.4, 0.5) is 5.82 Å². The maximum Gasteiger partial charge on any atom is 0.260 e. The number of rotatable bonds is 5. The molecule has 0 bridgehead atoms. The minimum Gasteiger partial charge on any atom is -0.493 e. The van der Waals surface area contributed by atoms with Crippen LogP contribution in [0.1, 0.15) is 5.56 Å². The molecule has 0 aliphatic carbocycles. The molecule has 0 spiro atoms. The zero-order valence-corrected chi connectivity index (χ0v) is 16.8. The number of carbonyl (C=O) groups excluding carboxylic acids is 1. The molecule has 1 amide bonds. The van der Waals surface area contributed by atoms with Crippen LogP contribution in [0.15, 0.2) is 54.6 Å². The molecule has 0 radical (unpaired) electrons. The van der Waals surface area contributed by atoms with Crippen LogP contribution in [-0.4, -0.2) is 55.7 Å². The summed E-state index contributed by atoms with van der Waals surface area (Å²) in [5, 5.41) is 1.18. The van der Waals surface area contributed by atoms with Gasteiger partial charge in [0.15, 0.2) is 18.1 Å². The molecule has 6 nitrogen and oxygen atoms in total. The van der Waals surface area contributed by atoms with Crippen molar-refractivity contribution in [1.82, 2.24) is 9.88 Å². The fraction of sp³-hybridized carbons (Fsp3) is 0.304. The molecule has 29 heavy (non-hydrogen) atoms. The van der Waals surface area contributed by atoms with Gasteiger partial charge in [-0.15, -0.1) is 0 Å². The van der Waals surface area contributed by atoms with E-state index in [4.69, 9.17) is 14.5 Å². The SMILES string of the molecule is COc1ccccc1OCC(=O)N1CCN(c2cc(C)c3ccccc3n2)CC1. The number of pyridine rings is 1. The molecular formula is C23H25N3O3. The molecule has 0 atom stereocenters. The van der Waals surface area contributed by atoms with Crippen molar-refractivity contribution in [3.05, 3.63) is 60.2 Å². The summed E-state index contributed by atoms with van der Waals surface area (Å²) in [7, 11) is 1.59. The number of benzene rings is 2. The predicted molar refractivity (Wildman–Crippen MR) is 114 cm³/mol. The number of carbonyl (C=O) groups is 1. The summed E-state index contributed by atoms with van der Waals surface area (Å²) in [5.41, 5.74) is 2.22. The van der Waals surface area contributed by atoms with Crippen molar-refractivity contribution in [2.45, 2.75) is 6.92 Å². The molecule has 2 aromatic carbocycles. The van der Waals surface area contributed by atoms with Crippen LogP contribution in [0, 0.1) is 6.92 Å². The number of fused-ring (bicyclic) bond motifs is 1. The van der Waals surface area contributed by atoms with Gasteiger partial charge in [0.05, 0.1) is 12.6 Å². The van der Waals surface area contributed by atoms with E-state index in [0.717, 1.165) is 24.4 Å². The second kappa shape index (κ2) is 8.39. The summed E-state index contributed by atoms with van der Waals surface area (Å²) in [5.74, 6) is 2.16. The van der Waals surface area contributed by atoms with Crippen molar-refractivity contribution in [3.63, 3.8) is 0 Å². The maximum absolute atomic E-state index is 12.6. The van der Waals surface area contributed by atoms with E-state index < -0.39 is 0 Å². The van der Waals surface area contributed by atoms with Crippen molar-refractivity contribution in [3.8, 4) is 11.5 Å². The van der Waals surface area contributed by atoms with E-state index in [1.54, 1.807) is 13.2 Å². The number of piperazine rings is 1. The highest BCUT2D eigenvalue weighted by Gasteiger charge is 2.23. The summed E-state index contributed by atoms with van der Waals surface area (Å²) in [6.45, 7) is 4.94. The highest BCUT2D eigenvalue weighted by Crippen LogP contribution is 2.26. The van der Waals surface area contributed by atoms with Crippen LogP contribution < -0.4 is 14.4 Å². The fourth-order valence-electron chi connectivity index (χ4n) is 3.65. The average molecular weight is 391 g/mol. The Morgan fingerprint density at radius 2 is 1.69 bits per heavy atom. The van der Waals surface area contributed by atoms with Gasteiger partial charge in [0.2, 0.25) is 0 Å². The Kier molecular flexibility index (Phi) is 5.51. The molecule has 3 aromatic rings. The zero-order valence-electron chi connectivity index (χ0n) is 16.8. The van der Waals surface area contributed by atoms with Gasteiger partial charge in [-0.2, -0.15) is 0 Å². The highest BCUT2D eigenvalue weighted by atomic mass is 16.5. The Labute approximate surface area is 170 Å². The van der Waals surface area contributed by atoms with E-state index >= 15 is 0 Å². The smallest absolute Gasteiger partial charge is 0.260 e. The normalized spacial score (nSPS) is 14.1. The van der Waals surface area contributed by atoms with Gasteiger partial charge in [0, 0.05) is 31.6 Å². The molecule has 1 fully saturated rings. The molecule has 150 valence electrons. The van der Waals surface area contributed by atoms with E-state index in [2.05, 4.69) is 24.0 Å². The van der Waals surface area contributed by atoms with Gasteiger partial charge in [-0.3, -0.25) is 4.79 Å². The van der Waals surface area contributed by atoms with Gasteiger partial charge in [0.25, 0.3) is 5.91 Å². The third kappa shape index (κ3) is 4.11. The van der Waals surface area contributed by atoms with Crippen molar-refractivity contribution in [2.75, 3.05) is 44.8 Å². The zero-order chi connectivity index (χ0) is 20.2. The Bertz CT molecular complexity index is 1010. The number of anilines is 1. The third-order valence-corrected chi connectivity index (χ3v) is 5.29. The first-order valence-electron chi connectivity index (χ1n) is 9.80. The standard InChI is InChI=1S/C23H25N3O3/c1-17-15-22(24-19-8-4-3-7-18(17)19)25-11-13-26(14-12-25)23(27)16-29-21-10-6-5-9-20(21)28-2/h3-10,15H,11-14,16H2,1-2H3. The first-order chi connectivity index (χ1) is 14.2. The maximum atomic E-state index is 12.6. The molecule has 0 saturated carbocycles. The number of aryl methyl sites for hydroxylation is 1.